The van der Waals surface area contributed by atoms with Gasteiger partial charge in [-0.3, -0.25) is 4.79 Å². The van der Waals surface area contributed by atoms with Crippen LogP contribution in [0.5, 0.6) is 0 Å². The first-order valence-electron chi connectivity index (χ1n) is 7.44. The summed E-state index contributed by atoms with van der Waals surface area (Å²) in [5.74, 6) is -0.707. The van der Waals surface area contributed by atoms with Crippen molar-refractivity contribution >= 4 is 21.6 Å². The highest BCUT2D eigenvalue weighted by molar-refractivity contribution is 7.89. The molecule has 0 aliphatic carbocycles. The average Bonchev–Trinajstić information content (AvgIpc) is 2.53. The molecule has 2 aromatic carbocycles. The lowest BCUT2D eigenvalue weighted by molar-refractivity contribution is 0.102. The molecule has 2 rings (SSSR count). The summed E-state index contributed by atoms with van der Waals surface area (Å²) in [4.78, 5) is 12.2. The van der Waals surface area contributed by atoms with Gasteiger partial charge in [0.05, 0.1) is 4.90 Å². The van der Waals surface area contributed by atoms with Crippen LogP contribution in [-0.4, -0.2) is 20.9 Å². The Morgan fingerprint density at radius 3 is 2.38 bits per heavy atom. The van der Waals surface area contributed by atoms with E-state index in [0.29, 0.717) is 12.2 Å². The molecule has 0 heterocycles. The predicted octanol–water partition coefficient (Wildman–Crippen LogP) is 3.01. The maximum Gasteiger partial charge on any atom is 0.255 e. The van der Waals surface area contributed by atoms with Crippen LogP contribution >= 0.6 is 0 Å². The van der Waals surface area contributed by atoms with Crippen LogP contribution in [0.1, 0.15) is 24.2 Å². The highest BCUT2D eigenvalue weighted by atomic mass is 32.2. The second kappa shape index (κ2) is 7.55. The maximum atomic E-state index is 13.1. The van der Waals surface area contributed by atoms with Crippen LogP contribution in [-0.2, 0) is 10.0 Å². The number of sulfonamides is 1. The molecular weight excluding hydrogens is 331 g/mol. The van der Waals surface area contributed by atoms with E-state index in [1.807, 2.05) is 13.8 Å². The zero-order valence-corrected chi connectivity index (χ0v) is 14.2. The van der Waals surface area contributed by atoms with Crippen molar-refractivity contribution in [2.24, 2.45) is 5.92 Å². The summed E-state index contributed by atoms with van der Waals surface area (Å²) < 4.78 is 39.8. The van der Waals surface area contributed by atoms with E-state index in [1.165, 1.54) is 42.5 Å². The van der Waals surface area contributed by atoms with Crippen molar-refractivity contribution in [2.45, 2.75) is 18.7 Å². The number of rotatable bonds is 6. The largest absolute Gasteiger partial charge is 0.322 e. The van der Waals surface area contributed by atoms with Crippen molar-refractivity contribution in [1.29, 1.82) is 0 Å². The van der Waals surface area contributed by atoms with E-state index >= 15 is 0 Å². The van der Waals surface area contributed by atoms with E-state index in [9.17, 15) is 17.6 Å². The molecule has 0 saturated heterocycles. The zero-order valence-electron chi connectivity index (χ0n) is 13.4. The van der Waals surface area contributed by atoms with Crippen molar-refractivity contribution in [2.75, 3.05) is 11.9 Å². The SMILES string of the molecule is CC(C)CNS(=O)(=O)c1ccc(C(=O)Nc2cccc(F)c2)cc1. The molecule has 0 atom stereocenters. The van der Waals surface area contributed by atoms with Crippen LogP contribution in [0.15, 0.2) is 53.4 Å². The molecule has 0 saturated carbocycles. The quantitative estimate of drug-likeness (QED) is 0.841. The smallest absolute Gasteiger partial charge is 0.255 e. The van der Waals surface area contributed by atoms with E-state index in [4.69, 9.17) is 0 Å². The first-order chi connectivity index (χ1) is 11.3. The molecule has 7 heteroatoms. The molecule has 0 bridgehead atoms. The number of hydrogen-bond donors (Lipinski definition) is 2. The average molecular weight is 350 g/mol. The van der Waals surface area contributed by atoms with Crippen molar-refractivity contribution in [1.82, 2.24) is 4.72 Å². The number of amides is 1. The minimum absolute atomic E-state index is 0.0884. The van der Waals surface area contributed by atoms with Gasteiger partial charge in [0.1, 0.15) is 5.82 Å². The summed E-state index contributed by atoms with van der Waals surface area (Å²) in [5, 5.41) is 2.55. The molecule has 2 aromatic rings. The van der Waals surface area contributed by atoms with Gasteiger partial charge in [0.25, 0.3) is 5.91 Å². The standard InChI is InChI=1S/C17H19FN2O3S/c1-12(2)11-19-24(22,23)16-8-6-13(7-9-16)17(21)20-15-5-3-4-14(18)10-15/h3-10,12,19H,11H2,1-2H3,(H,20,21). The summed E-state index contributed by atoms with van der Waals surface area (Å²) in [6.45, 7) is 4.15. The Hall–Kier alpha value is -2.25. The normalized spacial score (nSPS) is 11.5. The van der Waals surface area contributed by atoms with E-state index in [-0.39, 0.29) is 16.4 Å². The molecule has 0 spiro atoms. The Kier molecular flexibility index (Phi) is 5.69. The van der Waals surface area contributed by atoms with Crippen LogP contribution in [0.4, 0.5) is 10.1 Å². The molecule has 1 amide bonds. The van der Waals surface area contributed by atoms with Crippen LogP contribution < -0.4 is 10.0 Å². The molecule has 5 nitrogen and oxygen atoms in total. The second-order valence-electron chi connectivity index (χ2n) is 5.73. The van der Waals surface area contributed by atoms with E-state index in [2.05, 4.69) is 10.0 Å². The van der Waals surface area contributed by atoms with Crippen LogP contribution in [0, 0.1) is 11.7 Å². The highest BCUT2D eigenvalue weighted by Gasteiger charge is 2.15. The topological polar surface area (TPSA) is 75.3 Å². The lowest BCUT2D eigenvalue weighted by Gasteiger charge is -2.09. The Bertz CT molecular complexity index is 818. The molecule has 128 valence electrons. The van der Waals surface area contributed by atoms with Crippen LogP contribution in [0.3, 0.4) is 0 Å². The van der Waals surface area contributed by atoms with Gasteiger partial charge in [-0.05, 0) is 48.4 Å². The van der Waals surface area contributed by atoms with Gasteiger partial charge in [0, 0.05) is 17.8 Å². The van der Waals surface area contributed by atoms with Gasteiger partial charge in [0.2, 0.25) is 10.0 Å². The number of carbonyl (C=O) groups excluding carboxylic acids is 1. The Balaban J connectivity index is 2.10. The van der Waals surface area contributed by atoms with E-state index < -0.39 is 21.7 Å². The maximum absolute atomic E-state index is 13.1. The molecule has 0 radical (unpaired) electrons. The second-order valence-corrected chi connectivity index (χ2v) is 7.50. The third kappa shape index (κ3) is 4.87. The van der Waals surface area contributed by atoms with E-state index in [0.717, 1.165) is 0 Å². The monoisotopic (exact) mass is 350 g/mol. The lowest BCUT2D eigenvalue weighted by Crippen LogP contribution is -2.27. The fraction of sp³-hybridized carbons (Fsp3) is 0.235. The Labute approximate surface area is 141 Å². The molecule has 0 aromatic heterocycles. The van der Waals surface area contributed by atoms with Gasteiger partial charge in [-0.2, -0.15) is 0 Å². The van der Waals surface area contributed by atoms with Crippen molar-refractivity contribution < 1.29 is 17.6 Å². The predicted molar refractivity (Wildman–Crippen MR) is 90.8 cm³/mol. The van der Waals surface area contributed by atoms with Gasteiger partial charge >= 0.3 is 0 Å². The first-order valence-corrected chi connectivity index (χ1v) is 8.93. The van der Waals surface area contributed by atoms with Crippen LogP contribution in [0.2, 0.25) is 0 Å². The van der Waals surface area contributed by atoms with Gasteiger partial charge in [-0.25, -0.2) is 17.5 Å². The molecule has 24 heavy (non-hydrogen) atoms. The Morgan fingerprint density at radius 2 is 1.79 bits per heavy atom. The third-order valence-electron chi connectivity index (χ3n) is 3.19. The number of anilines is 1. The number of halogens is 1. The molecule has 0 aliphatic heterocycles. The lowest BCUT2D eigenvalue weighted by atomic mass is 10.2. The van der Waals surface area contributed by atoms with Gasteiger partial charge in [-0.1, -0.05) is 19.9 Å². The summed E-state index contributed by atoms with van der Waals surface area (Å²) in [6, 6.07) is 11.1. The summed E-state index contributed by atoms with van der Waals surface area (Å²) in [7, 11) is -3.59. The first kappa shape index (κ1) is 18.1. The highest BCUT2D eigenvalue weighted by Crippen LogP contribution is 2.14. The minimum Gasteiger partial charge on any atom is -0.322 e. The van der Waals surface area contributed by atoms with Crippen molar-refractivity contribution in [3.63, 3.8) is 0 Å². The van der Waals surface area contributed by atoms with Crippen LogP contribution in [0.25, 0.3) is 0 Å². The number of benzene rings is 2. The van der Waals surface area contributed by atoms with Gasteiger partial charge in [-0.15, -0.1) is 0 Å². The summed E-state index contributed by atoms with van der Waals surface area (Å²) in [6.07, 6.45) is 0. The Morgan fingerprint density at radius 1 is 1.12 bits per heavy atom. The number of carbonyl (C=O) groups is 1. The summed E-state index contributed by atoms with van der Waals surface area (Å²) >= 11 is 0. The third-order valence-corrected chi connectivity index (χ3v) is 4.63. The van der Waals surface area contributed by atoms with Gasteiger partial charge in [0.15, 0.2) is 0 Å². The molecule has 2 N–H and O–H groups in total. The number of nitrogens with one attached hydrogen (secondary N) is 2. The molecule has 0 aliphatic rings. The zero-order chi connectivity index (χ0) is 17.7. The summed E-state index contributed by atoms with van der Waals surface area (Å²) in [5.41, 5.74) is 0.609. The van der Waals surface area contributed by atoms with Crippen molar-refractivity contribution in [3.05, 3.63) is 59.9 Å². The molecular formula is C17H19FN2O3S. The molecule has 0 unspecified atom stereocenters. The molecule has 0 fully saturated rings. The minimum atomic E-state index is -3.59. The fourth-order valence-electron chi connectivity index (χ4n) is 1.91. The number of hydrogen-bond acceptors (Lipinski definition) is 3. The fourth-order valence-corrected chi connectivity index (χ4v) is 3.13. The van der Waals surface area contributed by atoms with Gasteiger partial charge < -0.3 is 5.32 Å². The van der Waals surface area contributed by atoms with E-state index in [1.54, 1.807) is 6.07 Å². The van der Waals surface area contributed by atoms with Crippen molar-refractivity contribution in [3.8, 4) is 0 Å².